The predicted molar refractivity (Wildman–Crippen MR) is 79.5 cm³/mol. The van der Waals surface area contributed by atoms with Gasteiger partial charge in [-0.2, -0.15) is 0 Å². The summed E-state index contributed by atoms with van der Waals surface area (Å²) in [7, 11) is 0. The third-order valence-corrected chi connectivity index (χ3v) is 3.47. The first-order chi connectivity index (χ1) is 8.11. The zero-order valence-corrected chi connectivity index (χ0v) is 12.5. The number of carbonyl (C=O) groups is 1. The van der Waals surface area contributed by atoms with Gasteiger partial charge in [0.15, 0.2) is 0 Å². The molecule has 0 aromatic heterocycles. The van der Waals surface area contributed by atoms with Crippen molar-refractivity contribution in [3.8, 4) is 0 Å². The summed E-state index contributed by atoms with van der Waals surface area (Å²) in [6.07, 6.45) is 0. The first-order valence-corrected chi connectivity index (χ1v) is 7.15. The summed E-state index contributed by atoms with van der Waals surface area (Å²) in [5.74, 6) is 0.161. The molecule has 0 radical (unpaired) electrons. The maximum Gasteiger partial charge on any atom is 0.234 e. The molecule has 0 fully saturated rings. The summed E-state index contributed by atoms with van der Waals surface area (Å²) in [4.78, 5) is 11.5. The van der Waals surface area contributed by atoms with Crippen LogP contribution in [0.25, 0.3) is 0 Å². The number of ether oxygens (including phenoxy) is 1. The van der Waals surface area contributed by atoms with Crippen molar-refractivity contribution in [1.29, 1.82) is 0 Å². The second-order valence-electron chi connectivity index (χ2n) is 3.03. The van der Waals surface area contributed by atoms with Crippen LogP contribution in [0.15, 0.2) is 28.7 Å². The van der Waals surface area contributed by atoms with E-state index < -0.39 is 0 Å². The molecule has 1 amide bonds. The van der Waals surface area contributed by atoms with Crippen LogP contribution in [-0.4, -0.2) is 22.6 Å². The van der Waals surface area contributed by atoms with Crippen molar-refractivity contribution in [3.05, 3.63) is 28.7 Å². The lowest BCUT2D eigenvalue weighted by atomic mass is 10.3. The molecule has 1 N–H and O–H groups in total. The molecule has 0 spiro atoms. The van der Waals surface area contributed by atoms with Crippen LogP contribution >= 0.6 is 39.9 Å². The molecule has 6 heteroatoms. The third kappa shape index (κ3) is 6.05. The molecule has 0 aliphatic rings. The number of thioether (sulfide) groups is 1. The van der Waals surface area contributed by atoms with Crippen LogP contribution in [-0.2, 0) is 9.53 Å². The van der Waals surface area contributed by atoms with E-state index in [-0.39, 0.29) is 11.7 Å². The van der Waals surface area contributed by atoms with Gasteiger partial charge in [0.25, 0.3) is 0 Å². The summed E-state index contributed by atoms with van der Waals surface area (Å²) in [6.45, 7) is 2.38. The smallest absolute Gasteiger partial charge is 0.234 e. The summed E-state index contributed by atoms with van der Waals surface area (Å²) in [6, 6.07) is 7.39. The quantitative estimate of drug-likeness (QED) is 0.856. The van der Waals surface area contributed by atoms with Crippen LogP contribution in [0.5, 0.6) is 0 Å². The van der Waals surface area contributed by atoms with Crippen LogP contribution in [0.2, 0.25) is 0 Å². The van der Waals surface area contributed by atoms with E-state index in [0.717, 1.165) is 10.2 Å². The van der Waals surface area contributed by atoms with E-state index in [9.17, 15) is 4.79 Å². The predicted octanol–water partition coefficient (Wildman–Crippen LogP) is 3.44. The van der Waals surface area contributed by atoms with Gasteiger partial charge in [-0.25, -0.2) is 0 Å². The van der Waals surface area contributed by atoms with Gasteiger partial charge in [0.1, 0.15) is 0 Å². The van der Waals surface area contributed by atoms with E-state index in [0.29, 0.717) is 11.0 Å². The van der Waals surface area contributed by atoms with Gasteiger partial charge in [-0.15, -0.1) is 0 Å². The second kappa shape index (κ2) is 7.68. The van der Waals surface area contributed by atoms with Crippen molar-refractivity contribution < 1.29 is 9.53 Å². The van der Waals surface area contributed by atoms with Gasteiger partial charge in [-0.3, -0.25) is 4.79 Å². The highest BCUT2D eigenvalue weighted by Crippen LogP contribution is 2.14. The van der Waals surface area contributed by atoms with Crippen LogP contribution in [0, 0.1) is 0 Å². The monoisotopic (exact) mass is 333 g/mol. The Morgan fingerprint density at radius 2 is 2.12 bits per heavy atom. The van der Waals surface area contributed by atoms with Gasteiger partial charge in [-0.1, -0.05) is 27.7 Å². The number of anilines is 1. The molecule has 3 nitrogen and oxygen atoms in total. The lowest BCUT2D eigenvalue weighted by Gasteiger charge is -2.06. The highest BCUT2D eigenvalue weighted by Gasteiger charge is 2.05. The minimum absolute atomic E-state index is 0.0978. The number of benzene rings is 1. The van der Waals surface area contributed by atoms with Crippen LogP contribution in [0.3, 0.4) is 0 Å². The summed E-state index contributed by atoms with van der Waals surface area (Å²) >= 11 is 9.46. The molecular weight excluding hydrogens is 322 g/mol. The third-order valence-electron chi connectivity index (χ3n) is 1.71. The molecule has 0 bridgehead atoms. The first kappa shape index (κ1) is 14.5. The Hall–Kier alpha value is -0.590. The fourth-order valence-electron chi connectivity index (χ4n) is 1.01. The molecule has 0 aliphatic heterocycles. The molecular formula is C11H12BrNO2S2. The fraction of sp³-hybridized carbons (Fsp3) is 0.273. The molecule has 1 aromatic carbocycles. The van der Waals surface area contributed by atoms with Crippen molar-refractivity contribution in [2.75, 3.05) is 17.7 Å². The first-order valence-electron chi connectivity index (χ1n) is 4.96. The Bertz CT molecular complexity index is 395. The average molecular weight is 334 g/mol. The van der Waals surface area contributed by atoms with E-state index in [2.05, 4.69) is 21.2 Å². The number of nitrogens with one attached hydrogen (secondary N) is 1. The zero-order valence-electron chi connectivity index (χ0n) is 9.23. The number of hydrogen-bond acceptors (Lipinski definition) is 4. The van der Waals surface area contributed by atoms with E-state index in [1.807, 2.05) is 31.2 Å². The zero-order chi connectivity index (χ0) is 12.7. The number of rotatable bonds is 4. The van der Waals surface area contributed by atoms with E-state index in [4.69, 9.17) is 17.0 Å². The lowest BCUT2D eigenvalue weighted by Crippen LogP contribution is -2.15. The normalized spacial score (nSPS) is 9.76. The maximum absolute atomic E-state index is 11.5. The molecule has 17 heavy (non-hydrogen) atoms. The molecule has 1 rings (SSSR count). The molecule has 92 valence electrons. The molecule has 0 aliphatic carbocycles. The van der Waals surface area contributed by atoms with E-state index >= 15 is 0 Å². The largest absolute Gasteiger partial charge is 0.479 e. The summed E-state index contributed by atoms with van der Waals surface area (Å²) in [5, 5.41) is 2.77. The highest BCUT2D eigenvalue weighted by molar-refractivity contribution is 9.10. The summed E-state index contributed by atoms with van der Waals surface area (Å²) < 4.78 is 6.44. The molecule has 0 unspecified atom stereocenters. The Balaban J connectivity index is 2.34. The Labute approximate surface area is 118 Å². The number of thiocarbonyl (C=S) groups is 1. The number of hydrogen-bond donors (Lipinski definition) is 1. The molecule has 0 saturated carbocycles. The van der Waals surface area contributed by atoms with Gasteiger partial charge >= 0.3 is 0 Å². The van der Waals surface area contributed by atoms with Gasteiger partial charge in [-0.05, 0) is 43.4 Å². The van der Waals surface area contributed by atoms with Gasteiger partial charge in [0.2, 0.25) is 10.3 Å². The van der Waals surface area contributed by atoms with Crippen LogP contribution in [0.1, 0.15) is 6.92 Å². The lowest BCUT2D eigenvalue weighted by molar-refractivity contribution is -0.113. The second-order valence-corrected chi connectivity index (χ2v) is 5.52. The topological polar surface area (TPSA) is 38.3 Å². The van der Waals surface area contributed by atoms with Crippen molar-refractivity contribution in [3.63, 3.8) is 0 Å². The number of halogens is 1. The fourth-order valence-corrected chi connectivity index (χ4v) is 2.10. The van der Waals surface area contributed by atoms with Crippen molar-refractivity contribution in [1.82, 2.24) is 0 Å². The van der Waals surface area contributed by atoms with Crippen molar-refractivity contribution >= 4 is 55.9 Å². The van der Waals surface area contributed by atoms with Crippen molar-refractivity contribution in [2.45, 2.75) is 6.92 Å². The molecule has 0 saturated heterocycles. The maximum atomic E-state index is 11.5. The Morgan fingerprint density at radius 1 is 1.47 bits per heavy atom. The molecule has 0 heterocycles. The number of carbonyl (C=O) groups excluding carboxylic acids is 1. The number of amides is 1. The minimum atomic E-state index is -0.0978. The van der Waals surface area contributed by atoms with Crippen molar-refractivity contribution in [2.24, 2.45) is 0 Å². The van der Waals surface area contributed by atoms with Gasteiger partial charge in [0, 0.05) is 10.2 Å². The van der Waals surface area contributed by atoms with Crippen LogP contribution in [0.4, 0.5) is 5.69 Å². The SMILES string of the molecule is CCOC(=S)SCC(=O)Nc1ccc(Br)cc1. The minimum Gasteiger partial charge on any atom is -0.479 e. The standard InChI is InChI=1S/C11H12BrNO2S2/c1-2-15-11(16)17-7-10(14)13-9-5-3-8(12)4-6-9/h3-6H,2,7H2,1H3,(H,13,14). The van der Waals surface area contributed by atoms with Gasteiger partial charge < -0.3 is 10.1 Å². The highest BCUT2D eigenvalue weighted by atomic mass is 79.9. The average Bonchev–Trinajstić information content (AvgIpc) is 2.30. The van der Waals surface area contributed by atoms with Gasteiger partial charge in [0.05, 0.1) is 12.4 Å². The van der Waals surface area contributed by atoms with Crippen LogP contribution < -0.4 is 5.32 Å². The molecule has 0 atom stereocenters. The van der Waals surface area contributed by atoms with E-state index in [1.165, 1.54) is 11.8 Å². The molecule has 1 aromatic rings. The Kier molecular flexibility index (Phi) is 6.54. The summed E-state index contributed by atoms with van der Waals surface area (Å²) in [5.41, 5.74) is 0.765. The Morgan fingerprint density at radius 3 is 2.71 bits per heavy atom. The van der Waals surface area contributed by atoms with E-state index in [1.54, 1.807) is 0 Å².